The van der Waals surface area contributed by atoms with Crippen LogP contribution < -0.4 is 4.98 Å². The molecule has 0 spiro atoms. The van der Waals surface area contributed by atoms with Crippen molar-refractivity contribution >= 4 is 21.5 Å². The van der Waals surface area contributed by atoms with Crippen molar-refractivity contribution in [2.24, 2.45) is 0 Å². The fourth-order valence-electron chi connectivity index (χ4n) is 5.08. The van der Waals surface area contributed by atoms with Gasteiger partial charge in [-0.1, -0.05) is 74.5 Å². The van der Waals surface area contributed by atoms with Crippen LogP contribution in [0.1, 0.15) is 25.0 Å². The number of aromatic amines is 1. The van der Waals surface area contributed by atoms with Crippen LogP contribution in [0.4, 0.5) is 0 Å². The molecule has 0 radical (unpaired) electrons. The predicted molar refractivity (Wildman–Crippen MR) is 121 cm³/mol. The second-order valence-electron chi connectivity index (χ2n) is 8.53. The molecule has 138 valence electrons. The third kappa shape index (κ3) is 2.25. The number of hydrogen-bond acceptors (Lipinski definition) is 0. The first-order valence-corrected chi connectivity index (χ1v) is 10.2. The fourth-order valence-corrected chi connectivity index (χ4v) is 5.08. The third-order valence-corrected chi connectivity index (χ3v) is 6.59. The van der Waals surface area contributed by atoms with Gasteiger partial charge in [0.15, 0.2) is 6.20 Å². The Balaban J connectivity index is 1.61. The summed E-state index contributed by atoms with van der Waals surface area (Å²) in [6.07, 6.45) is 2.07. The second kappa shape index (κ2) is 5.78. The summed E-state index contributed by atoms with van der Waals surface area (Å²) in [5, 5.41) is 5.14. The number of fused-ring (bicyclic) bond motifs is 6. The molecule has 4 aromatic carbocycles. The van der Waals surface area contributed by atoms with E-state index in [0.29, 0.717) is 0 Å². The van der Waals surface area contributed by atoms with Gasteiger partial charge in [0.2, 0.25) is 5.69 Å². The molecule has 1 heterocycles. The lowest BCUT2D eigenvalue weighted by molar-refractivity contribution is -0.362. The number of pyridine rings is 1. The highest BCUT2D eigenvalue weighted by molar-refractivity contribution is 6.10. The van der Waals surface area contributed by atoms with Crippen LogP contribution in [0, 0.1) is 0 Å². The number of nitrogens with one attached hydrogen (secondary N) is 1. The van der Waals surface area contributed by atoms with Crippen LogP contribution in [0.3, 0.4) is 0 Å². The van der Waals surface area contributed by atoms with Crippen LogP contribution in [-0.4, -0.2) is 0 Å². The van der Waals surface area contributed by atoms with E-state index in [1.54, 1.807) is 0 Å². The van der Waals surface area contributed by atoms with E-state index in [4.69, 9.17) is 0 Å². The number of rotatable bonds is 1. The molecule has 1 aliphatic carbocycles. The highest BCUT2D eigenvalue weighted by Gasteiger charge is 2.35. The van der Waals surface area contributed by atoms with Crippen LogP contribution in [0.25, 0.3) is 43.9 Å². The van der Waals surface area contributed by atoms with Gasteiger partial charge in [0.1, 0.15) is 0 Å². The van der Waals surface area contributed by atoms with Gasteiger partial charge in [0.25, 0.3) is 0 Å². The highest BCUT2D eigenvalue weighted by atomic mass is 14.7. The molecule has 1 aromatic heterocycles. The van der Waals surface area contributed by atoms with Gasteiger partial charge in [-0.05, 0) is 51.2 Å². The largest absolute Gasteiger partial charge is 0.218 e. The number of hydrogen-bond donors (Lipinski definition) is 0. The van der Waals surface area contributed by atoms with Crippen molar-refractivity contribution in [2.45, 2.75) is 19.3 Å². The summed E-state index contributed by atoms with van der Waals surface area (Å²) < 4.78 is 0. The van der Waals surface area contributed by atoms with Crippen LogP contribution in [0.5, 0.6) is 0 Å². The van der Waals surface area contributed by atoms with E-state index in [9.17, 15) is 0 Å². The van der Waals surface area contributed by atoms with E-state index in [2.05, 4.69) is 110 Å². The monoisotopic (exact) mass is 372 g/mol. The number of H-pyrrole nitrogens is 1. The van der Waals surface area contributed by atoms with Gasteiger partial charge in [-0.15, -0.1) is 0 Å². The van der Waals surface area contributed by atoms with E-state index in [-0.39, 0.29) is 5.41 Å². The van der Waals surface area contributed by atoms with Gasteiger partial charge >= 0.3 is 0 Å². The van der Waals surface area contributed by atoms with Crippen molar-refractivity contribution in [3.05, 3.63) is 102 Å². The topological polar surface area (TPSA) is 14.1 Å². The minimum atomic E-state index is 0.0131. The van der Waals surface area contributed by atoms with Crippen molar-refractivity contribution in [3.63, 3.8) is 0 Å². The Hall–Kier alpha value is -3.45. The minimum absolute atomic E-state index is 0.0131. The molecule has 0 amide bonds. The van der Waals surface area contributed by atoms with Gasteiger partial charge in [-0.3, -0.25) is 0 Å². The summed E-state index contributed by atoms with van der Waals surface area (Å²) in [6, 6.07) is 31.0. The third-order valence-electron chi connectivity index (χ3n) is 6.59. The maximum atomic E-state index is 3.53. The van der Waals surface area contributed by atoms with E-state index < -0.39 is 0 Å². The Labute approximate surface area is 170 Å². The van der Waals surface area contributed by atoms with Gasteiger partial charge in [0.05, 0.1) is 5.39 Å². The van der Waals surface area contributed by atoms with Gasteiger partial charge in [0, 0.05) is 22.4 Å². The zero-order valence-electron chi connectivity index (χ0n) is 16.7. The fraction of sp³-hybridized carbons (Fsp3) is 0.107. The highest BCUT2D eigenvalue weighted by Crippen LogP contribution is 2.49. The maximum Gasteiger partial charge on any atom is 0.218 e. The molecule has 1 aliphatic rings. The van der Waals surface area contributed by atoms with Crippen molar-refractivity contribution < 1.29 is 4.98 Å². The van der Waals surface area contributed by atoms with Gasteiger partial charge in [-0.2, -0.15) is 0 Å². The molecular formula is C28H22N+. The Bertz CT molecular complexity index is 1430. The van der Waals surface area contributed by atoms with Crippen molar-refractivity contribution in [1.29, 1.82) is 0 Å². The minimum Gasteiger partial charge on any atom is -0.211 e. The quantitative estimate of drug-likeness (QED) is 0.288. The standard InChI is InChI=1S/C28H21N/c1-28(2)25-10-6-5-9-22(25)23-13-12-19(17-26(23)28)27-24-14-11-18-7-3-4-8-20(18)21(24)15-16-29-27/h3-17H,1-2H3/p+1. The summed E-state index contributed by atoms with van der Waals surface area (Å²) in [7, 11) is 0. The van der Waals surface area contributed by atoms with Crippen molar-refractivity contribution in [3.8, 4) is 22.4 Å². The van der Waals surface area contributed by atoms with Gasteiger partial charge < -0.3 is 0 Å². The average Bonchev–Trinajstić information content (AvgIpc) is 3.00. The summed E-state index contributed by atoms with van der Waals surface area (Å²) in [6.45, 7) is 4.67. The Morgan fingerprint density at radius 1 is 0.621 bits per heavy atom. The molecule has 0 saturated heterocycles. The van der Waals surface area contributed by atoms with E-state index in [1.807, 2.05) is 0 Å². The number of benzene rings is 4. The van der Waals surface area contributed by atoms with Crippen molar-refractivity contribution in [1.82, 2.24) is 0 Å². The van der Waals surface area contributed by atoms with Crippen LogP contribution in [0.2, 0.25) is 0 Å². The SMILES string of the molecule is CC1(C)c2ccccc2-c2ccc(-c3[nH+]ccc4c3ccc3ccccc34)cc21. The van der Waals surface area contributed by atoms with Crippen LogP contribution in [-0.2, 0) is 5.41 Å². The zero-order valence-corrected chi connectivity index (χ0v) is 16.7. The molecule has 0 saturated carbocycles. The Morgan fingerprint density at radius 3 is 2.34 bits per heavy atom. The molecule has 5 aromatic rings. The first-order chi connectivity index (χ1) is 14.1. The molecule has 0 aliphatic heterocycles. The summed E-state index contributed by atoms with van der Waals surface area (Å²) in [4.78, 5) is 3.53. The Morgan fingerprint density at radius 2 is 1.41 bits per heavy atom. The molecule has 1 N–H and O–H groups in total. The lowest BCUT2D eigenvalue weighted by Crippen LogP contribution is -2.15. The molecule has 1 heteroatoms. The summed E-state index contributed by atoms with van der Waals surface area (Å²) in [5.41, 5.74) is 7.99. The van der Waals surface area contributed by atoms with Gasteiger partial charge in [-0.25, -0.2) is 4.98 Å². The lowest BCUT2D eigenvalue weighted by atomic mass is 9.81. The molecule has 29 heavy (non-hydrogen) atoms. The summed E-state index contributed by atoms with van der Waals surface area (Å²) >= 11 is 0. The predicted octanol–water partition coefficient (Wildman–Crippen LogP) is 6.78. The first-order valence-electron chi connectivity index (χ1n) is 10.2. The molecule has 0 atom stereocenters. The summed E-state index contributed by atoms with van der Waals surface area (Å²) in [5.74, 6) is 0. The second-order valence-corrected chi connectivity index (χ2v) is 8.53. The molecule has 0 bridgehead atoms. The first kappa shape index (κ1) is 16.5. The van der Waals surface area contributed by atoms with E-state index in [1.165, 1.54) is 55.1 Å². The Kier molecular flexibility index (Phi) is 3.29. The maximum absolute atomic E-state index is 3.53. The normalized spacial score (nSPS) is 14.1. The van der Waals surface area contributed by atoms with Crippen LogP contribution >= 0.6 is 0 Å². The van der Waals surface area contributed by atoms with E-state index >= 15 is 0 Å². The molecular weight excluding hydrogens is 350 g/mol. The lowest BCUT2D eigenvalue weighted by Gasteiger charge is -2.21. The molecule has 0 fully saturated rings. The molecule has 6 rings (SSSR count). The van der Waals surface area contributed by atoms with Crippen LogP contribution in [0.15, 0.2) is 91.1 Å². The van der Waals surface area contributed by atoms with Crippen molar-refractivity contribution in [2.75, 3.05) is 0 Å². The number of aromatic nitrogens is 1. The van der Waals surface area contributed by atoms with E-state index in [0.717, 1.165) is 0 Å². The smallest absolute Gasteiger partial charge is 0.211 e. The average molecular weight is 372 g/mol. The molecule has 0 unspecified atom stereocenters. The zero-order chi connectivity index (χ0) is 19.6. The molecule has 1 nitrogen and oxygen atoms in total.